The van der Waals surface area contributed by atoms with Crippen molar-refractivity contribution in [2.45, 2.75) is 131 Å². The first-order valence-corrected chi connectivity index (χ1v) is 15.3. The van der Waals surface area contributed by atoms with Crippen LogP contribution in [-0.4, -0.2) is 41.6 Å². The summed E-state index contributed by atoms with van der Waals surface area (Å²) in [6.07, 6.45) is 6.69. The van der Waals surface area contributed by atoms with Crippen molar-refractivity contribution in [1.82, 2.24) is 0 Å². The Morgan fingerprint density at radius 1 is 1.00 bits per heavy atom. The summed E-state index contributed by atoms with van der Waals surface area (Å²) in [4.78, 5) is 38.2. The molecule has 1 aliphatic heterocycles. The Morgan fingerprint density at radius 3 is 2.32 bits per heavy atom. The molecule has 1 spiro atoms. The van der Waals surface area contributed by atoms with Crippen molar-refractivity contribution in [3.63, 3.8) is 0 Å². The van der Waals surface area contributed by atoms with E-state index in [0.717, 1.165) is 18.8 Å². The van der Waals surface area contributed by atoms with Crippen LogP contribution < -0.4 is 0 Å². The second kappa shape index (κ2) is 9.59. The summed E-state index contributed by atoms with van der Waals surface area (Å²) in [6, 6.07) is 0. The number of carbonyl (C=O) groups is 3. The number of ether oxygens (including phenoxy) is 3. The van der Waals surface area contributed by atoms with Crippen molar-refractivity contribution >= 4 is 17.7 Å². The SMILES string of the molecule is CC(=O)O[C@H]1CC(=O)[C@]2(C)[C@@H]3[C@@H](C[C@H]4O[C@]42C1)[C@@H]1CC[C@H]([C@H](C)CC[C@H](C)C(C)C)[C@@]1(C)C[C@H]3OC(C)=O. The van der Waals surface area contributed by atoms with Crippen LogP contribution >= 0.6 is 0 Å². The first-order valence-electron chi connectivity index (χ1n) is 15.3. The molecule has 1 saturated heterocycles. The van der Waals surface area contributed by atoms with Crippen molar-refractivity contribution in [3.05, 3.63) is 0 Å². The fourth-order valence-corrected chi connectivity index (χ4v) is 10.2. The van der Waals surface area contributed by atoms with Crippen LogP contribution in [0.3, 0.4) is 0 Å². The molecule has 6 nitrogen and oxygen atoms in total. The molecular formula is C32H50O6. The molecule has 38 heavy (non-hydrogen) atoms. The van der Waals surface area contributed by atoms with Gasteiger partial charge in [0.05, 0.1) is 11.5 Å². The van der Waals surface area contributed by atoms with Gasteiger partial charge in [0, 0.05) is 32.6 Å². The van der Waals surface area contributed by atoms with Gasteiger partial charge in [-0.05, 0) is 73.5 Å². The zero-order valence-corrected chi connectivity index (χ0v) is 24.9. The Kier molecular flexibility index (Phi) is 7.10. The average Bonchev–Trinajstić information content (AvgIpc) is 3.39. The Labute approximate surface area is 229 Å². The number of esters is 2. The number of Topliss-reactive ketones (excluding diaryl/α,β-unsaturated/α-hetero) is 1. The Bertz CT molecular complexity index is 975. The van der Waals surface area contributed by atoms with Crippen LogP contribution in [0.25, 0.3) is 0 Å². The lowest BCUT2D eigenvalue weighted by molar-refractivity contribution is -0.196. The zero-order chi connectivity index (χ0) is 27.8. The van der Waals surface area contributed by atoms with E-state index in [9.17, 15) is 14.4 Å². The van der Waals surface area contributed by atoms with Gasteiger partial charge in [-0.3, -0.25) is 14.4 Å². The third kappa shape index (κ3) is 4.18. The van der Waals surface area contributed by atoms with Gasteiger partial charge in [-0.2, -0.15) is 0 Å². The minimum Gasteiger partial charge on any atom is -0.462 e. The van der Waals surface area contributed by atoms with E-state index in [1.807, 2.05) is 0 Å². The molecule has 0 amide bonds. The number of carbonyl (C=O) groups excluding carboxylic acids is 3. The lowest BCUT2D eigenvalue weighted by Crippen LogP contribution is -2.66. The van der Waals surface area contributed by atoms with Gasteiger partial charge in [0.2, 0.25) is 0 Å². The summed E-state index contributed by atoms with van der Waals surface area (Å²) in [6.45, 7) is 16.9. The van der Waals surface area contributed by atoms with E-state index in [0.29, 0.717) is 36.0 Å². The van der Waals surface area contributed by atoms with E-state index in [2.05, 4.69) is 41.5 Å². The zero-order valence-electron chi connectivity index (χ0n) is 24.9. The third-order valence-electron chi connectivity index (χ3n) is 12.4. The van der Waals surface area contributed by atoms with Gasteiger partial charge in [-0.25, -0.2) is 0 Å². The summed E-state index contributed by atoms with van der Waals surface area (Å²) >= 11 is 0. The van der Waals surface area contributed by atoms with E-state index in [-0.39, 0.29) is 47.7 Å². The van der Waals surface area contributed by atoms with Crippen molar-refractivity contribution in [1.29, 1.82) is 0 Å². The van der Waals surface area contributed by atoms with Gasteiger partial charge < -0.3 is 14.2 Å². The standard InChI is InChI=1S/C32H50O6/c1-17(2)18(3)9-10-19(4)24-11-12-25-23-14-28-32(38-28)15-22(36-20(5)33)13-27(35)31(32,8)29(23)26(37-21(6)34)16-30(24,25)7/h17-19,22-26,28-29H,9-16H2,1-8H3/t18-,19+,22-,23-,24+,25-,26+,28+,29+,30+,31+,32+/m0/s1. The van der Waals surface area contributed by atoms with Crippen LogP contribution in [0.2, 0.25) is 0 Å². The molecule has 0 aromatic heterocycles. The molecule has 214 valence electrons. The number of hydrogen-bond donors (Lipinski definition) is 0. The minimum absolute atomic E-state index is 0.0137. The summed E-state index contributed by atoms with van der Waals surface area (Å²) < 4.78 is 18.2. The summed E-state index contributed by atoms with van der Waals surface area (Å²) in [5.41, 5.74) is -1.24. The number of hydrogen-bond acceptors (Lipinski definition) is 6. The average molecular weight is 531 g/mol. The molecule has 0 aromatic rings. The highest BCUT2D eigenvalue weighted by Gasteiger charge is 2.80. The van der Waals surface area contributed by atoms with E-state index >= 15 is 0 Å². The normalized spacial score (nSPS) is 46.8. The fraction of sp³-hybridized carbons (Fsp3) is 0.906. The number of rotatable bonds is 7. The minimum atomic E-state index is -0.727. The predicted octanol–water partition coefficient (Wildman–Crippen LogP) is 6.14. The molecule has 12 atom stereocenters. The maximum absolute atomic E-state index is 14.0. The lowest BCUT2D eigenvalue weighted by atomic mass is 9.43. The van der Waals surface area contributed by atoms with Crippen molar-refractivity contribution in [3.8, 4) is 0 Å². The predicted molar refractivity (Wildman–Crippen MR) is 144 cm³/mol. The highest BCUT2D eigenvalue weighted by Crippen LogP contribution is 2.74. The van der Waals surface area contributed by atoms with Gasteiger partial charge in [0.25, 0.3) is 0 Å². The van der Waals surface area contributed by atoms with Crippen LogP contribution in [0, 0.1) is 52.3 Å². The number of ketones is 1. The third-order valence-corrected chi connectivity index (χ3v) is 12.4. The van der Waals surface area contributed by atoms with Gasteiger partial charge in [0.1, 0.15) is 23.6 Å². The maximum Gasteiger partial charge on any atom is 0.302 e. The summed E-state index contributed by atoms with van der Waals surface area (Å²) in [7, 11) is 0. The molecule has 0 N–H and O–H groups in total. The highest BCUT2D eigenvalue weighted by atomic mass is 16.6. The molecule has 0 aromatic carbocycles. The van der Waals surface area contributed by atoms with E-state index < -0.39 is 17.1 Å². The molecule has 5 fully saturated rings. The number of epoxide rings is 1. The second-order valence-corrected chi connectivity index (χ2v) is 14.6. The fourth-order valence-electron chi connectivity index (χ4n) is 10.2. The van der Waals surface area contributed by atoms with E-state index in [1.165, 1.54) is 39.5 Å². The summed E-state index contributed by atoms with van der Waals surface area (Å²) in [5, 5.41) is 0. The van der Waals surface area contributed by atoms with Crippen LogP contribution in [0.1, 0.15) is 107 Å². The molecule has 0 bridgehead atoms. The van der Waals surface area contributed by atoms with E-state index in [4.69, 9.17) is 14.2 Å². The monoisotopic (exact) mass is 530 g/mol. The first kappa shape index (κ1) is 28.1. The molecule has 5 rings (SSSR count). The second-order valence-electron chi connectivity index (χ2n) is 14.6. The Morgan fingerprint density at radius 2 is 1.68 bits per heavy atom. The molecule has 4 aliphatic carbocycles. The van der Waals surface area contributed by atoms with Gasteiger partial charge in [-0.15, -0.1) is 0 Å². The highest BCUT2D eigenvalue weighted by molar-refractivity contribution is 5.89. The largest absolute Gasteiger partial charge is 0.462 e. The smallest absolute Gasteiger partial charge is 0.302 e. The van der Waals surface area contributed by atoms with E-state index in [1.54, 1.807) is 0 Å². The van der Waals surface area contributed by atoms with Crippen molar-refractivity contribution < 1.29 is 28.6 Å². The van der Waals surface area contributed by atoms with Gasteiger partial charge >= 0.3 is 11.9 Å². The molecule has 0 radical (unpaired) electrons. The molecule has 5 aliphatic rings. The van der Waals surface area contributed by atoms with Crippen LogP contribution in [-0.2, 0) is 28.6 Å². The van der Waals surface area contributed by atoms with Crippen molar-refractivity contribution in [2.24, 2.45) is 52.3 Å². The molecular weight excluding hydrogens is 480 g/mol. The topological polar surface area (TPSA) is 82.2 Å². The van der Waals surface area contributed by atoms with Gasteiger partial charge in [-0.1, -0.05) is 47.5 Å². The molecule has 1 heterocycles. The quantitative estimate of drug-likeness (QED) is 0.291. The van der Waals surface area contributed by atoms with Crippen molar-refractivity contribution in [2.75, 3.05) is 0 Å². The first-order chi connectivity index (χ1) is 17.7. The molecule has 0 unspecified atom stereocenters. The Hall–Kier alpha value is -1.43. The van der Waals surface area contributed by atoms with Crippen LogP contribution in [0.5, 0.6) is 0 Å². The van der Waals surface area contributed by atoms with Gasteiger partial charge in [0.15, 0.2) is 0 Å². The van der Waals surface area contributed by atoms with Crippen LogP contribution in [0.15, 0.2) is 0 Å². The molecule has 4 saturated carbocycles. The van der Waals surface area contributed by atoms with Crippen LogP contribution in [0.4, 0.5) is 0 Å². The molecule has 6 heteroatoms. The lowest BCUT2D eigenvalue weighted by Gasteiger charge is -2.60. The summed E-state index contributed by atoms with van der Waals surface area (Å²) in [5.74, 6) is 2.89. The Balaban J connectivity index is 1.45. The maximum atomic E-state index is 14.0. The number of fused-ring (bicyclic) bond motifs is 4.